The Morgan fingerprint density at radius 1 is 0.857 bits per heavy atom. The molecular weight excluding hydrogens is 305 g/mol. The van der Waals surface area contributed by atoms with Crippen LogP contribution in [0.25, 0.3) is 11.1 Å². The summed E-state index contributed by atoms with van der Waals surface area (Å²) in [6.45, 7) is 0. The molecule has 0 unspecified atom stereocenters. The molecule has 5 heteroatoms. The second-order valence-corrected chi connectivity index (χ2v) is 5.33. The van der Waals surface area contributed by atoms with Gasteiger partial charge in [-0.2, -0.15) is 0 Å². The highest BCUT2D eigenvalue weighted by Gasteiger charge is 2.02. The second-order valence-electron chi connectivity index (χ2n) is 4.46. The number of nitrogens with zero attached hydrogens (tertiary/aromatic N) is 2. The average Bonchev–Trinajstić information content (AvgIpc) is 2.48. The van der Waals surface area contributed by atoms with Gasteiger partial charge in [-0.25, -0.2) is 4.98 Å². The van der Waals surface area contributed by atoms with Crippen molar-refractivity contribution in [2.45, 2.75) is 0 Å². The topological polar surface area (TPSA) is 37.8 Å². The minimum absolute atomic E-state index is 0.581. The molecule has 0 radical (unpaired) electrons. The average molecular weight is 316 g/mol. The van der Waals surface area contributed by atoms with E-state index in [-0.39, 0.29) is 0 Å². The van der Waals surface area contributed by atoms with E-state index >= 15 is 0 Å². The van der Waals surface area contributed by atoms with Gasteiger partial charge in [0.05, 0.1) is 0 Å². The Morgan fingerprint density at radius 2 is 1.62 bits per heavy atom. The standard InChI is InChI=1S/C16H11Cl2N3/c17-13-6-14(18)8-15(7-13)21-16-4-3-12(10-20-16)11-2-1-5-19-9-11/h1-10H,(H,20,21). The van der Waals surface area contributed by atoms with Crippen molar-refractivity contribution < 1.29 is 0 Å². The van der Waals surface area contributed by atoms with Crippen LogP contribution in [0.5, 0.6) is 0 Å². The number of pyridine rings is 2. The zero-order chi connectivity index (χ0) is 14.7. The van der Waals surface area contributed by atoms with Crippen molar-refractivity contribution >= 4 is 34.7 Å². The van der Waals surface area contributed by atoms with Gasteiger partial charge >= 0.3 is 0 Å². The van der Waals surface area contributed by atoms with Gasteiger partial charge in [0, 0.05) is 45.5 Å². The molecule has 2 heterocycles. The normalized spacial score (nSPS) is 10.4. The predicted molar refractivity (Wildman–Crippen MR) is 87.2 cm³/mol. The molecule has 0 bridgehead atoms. The Morgan fingerprint density at radius 3 is 2.24 bits per heavy atom. The summed E-state index contributed by atoms with van der Waals surface area (Å²) in [5, 5.41) is 4.33. The minimum Gasteiger partial charge on any atom is -0.340 e. The van der Waals surface area contributed by atoms with E-state index in [2.05, 4.69) is 15.3 Å². The molecule has 0 aliphatic heterocycles. The maximum absolute atomic E-state index is 5.97. The van der Waals surface area contributed by atoms with E-state index in [0.29, 0.717) is 10.0 Å². The van der Waals surface area contributed by atoms with Crippen LogP contribution in [0.15, 0.2) is 61.1 Å². The summed E-state index contributed by atoms with van der Waals surface area (Å²) in [6, 6.07) is 13.1. The van der Waals surface area contributed by atoms with Crippen LogP contribution in [-0.2, 0) is 0 Å². The van der Waals surface area contributed by atoms with Crippen LogP contribution in [0.3, 0.4) is 0 Å². The molecule has 3 rings (SSSR count). The van der Waals surface area contributed by atoms with Gasteiger partial charge in [-0.1, -0.05) is 29.3 Å². The lowest BCUT2D eigenvalue weighted by molar-refractivity contribution is 1.29. The van der Waals surface area contributed by atoms with Crippen LogP contribution in [0, 0.1) is 0 Å². The van der Waals surface area contributed by atoms with Crippen molar-refractivity contribution in [1.29, 1.82) is 0 Å². The molecule has 0 amide bonds. The summed E-state index contributed by atoms with van der Waals surface area (Å²) in [5.74, 6) is 0.723. The molecule has 0 aliphatic carbocycles. The molecule has 1 N–H and O–H groups in total. The Kier molecular flexibility index (Phi) is 4.04. The van der Waals surface area contributed by atoms with Gasteiger partial charge < -0.3 is 5.32 Å². The van der Waals surface area contributed by atoms with E-state index < -0.39 is 0 Å². The van der Waals surface area contributed by atoms with Crippen LogP contribution in [-0.4, -0.2) is 9.97 Å². The molecule has 1 aromatic carbocycles. The lowest BCUT2D eigenvalue weighted by atomic mass is 10.1. The molecule has 0 aliphatic rings. The van der Waals surface area contributed by atoms with Gasteiger partial charge in [-0.05, 0) is 36.4 Å². The Labute approximate surface area is 132 Å². The maximum atomic E-state index is 5.97. The summed E-state index contributed by atoms with van der Waals surface area (Å²) in [5.41, 5.74) is 2.84. The highest BCUT2D eigenvalue weighted by molar-refractivity contribution is 6.35. The number of halogens is 2. The van der Waals surface area contributed by atoms with Crippen LogP contribution >= 0.6 is 23.2 Å². The van der Waals surface area contributed by atoms with Crippen molar-refractivity contribution in [1.82, 2.24) is 9.97 Å². The zero-order valence-corrected chi connectivity index (χ0v) is 12.4. The molecule has 0 atom stereocenters. The largest absolute Gasteiger partial charge is 0.340 e. The minimum atomic E-state index is 0.581. The summed E-state index contributed by atoms with van der Waals surface area (Å²) < 4.78 is 0. The Bertz CT molecular complexity index is 723. The van der Waals surface area contributed by atoms with Gasteiger partial charge in [0.2, 0.25) is 0 Å². The zero-order valence-electron chi connectivity index (χ0n) is 10.9. The number of anilines is 2. The van der Waals surface area contributed by atoms with Crippen molar-refractivity contribution in [3.63, 3.8) is 0 Å². The van der Waals surface area contributed by atoms with Gasteiger partial charge in [0.25, 0.3) is 0 Å². The van der Waals surface area contributed by atoms with Crippen LogP contribution in [0.4, 0.5) is 11.5 Å². The van der Waals surface area contributed by atoms with E-state index in [1.54, 1.807) is 36.8 Å². The fraction of sp³-hybridized carbons (Fsp3) is 0. The molecular formula is C16H11Cl2N3. The van der Waals surface area contributed by atoms with Crippen molar-refractivity contribution in [2.75, 3.05) is 5.32 Å². The number of nitrogens with one attached hydrogen (secondary N) is 1. The first kappa shape index (κ1) is 13.9. The number of hydrogen-bond acceptors (Lipinski definition) is 3. The van der Waals surface area contributed by atoms with Crippen molar-refractivity contribution in [3.8, 4) is 11.1 Å². The Balaban J connectivity index is 1.81. The van der Waals surface area contributed by atoms with E-state index in [1.165, 1.54) is 0 Å². The Hall–Kier alpha value is -2.10. The first-order chi connectivity index (χ1) is 10.2. The molecule has 21 heavy (non-hydrogen) atoms. The maximum Gasteiger partial charge on any atom is 0.130 e. The predicted octanol–water partition coefficient (Wildman–Crippen LogP) is 5.19. The summed E-state index contributed by atoms with van der Waals surface area (Å²) in [4.78, 5) is 8.48. The van der Waals surface area contributed by atoms with Gasteiger partial charge in [-0.15, -0.1) is 0 Å². The lowest BCUT2D eigenvalue weighted by Gasteiger charge is -2.07. The molecule has 104 valence electrons. The van der Waals surface area contributed by atoms with Crippen molar-refractivity contribution in [3.05, 3.63) is 71.1 Å². The first-order valence-corrected chi connectivity index (χ1v) is 7.06. The third kappa shape index (κ3) is 3.51. The first-order valence-electron chi connectivity index (χ1n) is 6.30. The molecule has 0 saturated carbocycles. The highest BCUT2D eigenvalue weighted by atomic mass is 35.5. The molecule has 0 saturated heterocycles. The lowest BCUT2D eigenvalue weighted by Crippen LogP contribution is -1.93. The number of aromatic nitrogens is 2. The third-order valence-corrected chi connectivity index (χ3v) is 3.33. The molecule has 0 fully saturated rings. The summed E-state index contributed by atoms with van der Waals surface area (Å²) >= 11 is 11.9. The molecule has 2 aromatic heterocycles. The van der Waals surface area contributed by atoms with Crippen LogP contribution in [0.2, 0.25) is 10.0 Å². The van der Waals surface area contributed by atoms with E-state index in [0.717, 1.165) is 22.6 Å². The van der Waals surface area contributed by atoms with Crippen LogP contribution < -0.4 is 5.32 Å². The van der Waals surface area contributed by atoms with E-state index in [9.17, 15) is 0 Å². The monoisotopic (exact) mass is 315 g/mol. The van der Waals surface area contributed by atoms with Gasteiger partial charge in [0.15, 0.2) is 0 Å². The molecule has 0 spiro atoms. The SMILES string of the molecule is Clc1cc(Cl)cc(Nc2ccc(-c3cccnc3)cn2)c1. The second kappa shape index (κ2) is 6.12. The smallest absolute Gasteiger partial charge is 0.130 e. The number of benzene rings is 1. The number of hydrogen-bond donors (Lipinski definition) is 1. The van der Waals surface area contributed by atoms with Gasteiger partial charge in [-0.3, -0.25) is 4.98 Å². The van der Waals surface area contributed by atoms with Gasteiger partial charge in [0.1, 0.15) is 5.82 Å². The number of rotatable bonds is 3. The quantitative estimate of drug-likeness (QED) is 0.722. The highest BCUT2D eigenvalue weighted by Crippen LogP contribution is 2.25. The van der Waals surface area contributed by atoms with Crippen LogP contribution in [0.1, 0.15) is 0 Å². The summed E-state index contributed by atoms with van der Waals surface area (Å²) in [6.07, 6.45) is 5.35. The molecule has 3 nitrogen and oxygen atoms in total. The fourth-order valence-corrected chi connectivity index (χ4v) is 2.47. The third-order valence-electron chi connectivity index (χ3n) is 2.89. The fourth-order valence-electron chi connectivity index (χ4n) is 1.95. The van der Waals surface area contributed by atoms with Crippen molar-refractivity contribution in [2.24, 2.45) is 0 Å². The molecule has 3 aromatic rings. The summed E-state index contributed by atoms with van der Waals surface area (Å²) in [7, 11) is 0. The van der Waals surface area contributed by atoms with E-state index in [1.807, 2.05) is 24.3 Å². The van der Waals surface area contributed by atoms with E-state index in [4.69, 9.17) is 23.2 Å².